The smallest absolute Gasteiger partial charge is 0.130 e. The quantitative estimate of drug-likeness (QED) is 0.736. The lowest BCUT2D eigenvalue weighted by molar-refractivity contribution is 0.570. The molecule has 0 spiro atoms. The SMILES string of the molecule is C[Si](C)(C)C[CH]c1c(F)cc(C#N)cc1F. The molecule has 0 aliphatic carbocycles. The van der Waals surface area contributed by atoms with E-state index in [1.54, 1.807) is 12.5 Å². The average Bonchev–Trinajstić information content (AvgIpc) is 2.14. The monoisotopic (exact) mass is 238 g/mol. The molecule has 16 heavy (non-hydrogen) atoms. The number of hydrogen-bond acceptors (Lipinski definition) is 1. The Bertz CT molecular complexity index is 407. The highest BCUT2D eigenvalue weighted by Crippen LogP contribution is 2.21. The van der Waals surface area contributed by atoms with Crippen molar-refractivity contribution in [1.29, 1.82) is 5.26 Å². The standard InChI is InChI=1S/C12H14F2NSi/c1-16(2,3)5-4-10-11(13)6-9(8-15)7-12(10)14/h4,6-7H,5H2,1-3H3. The van der Waals surface area contributed by atoms with Crippen LogP contribution in [0.15, 0.2) is 12.1 Å². The van der Waals surface area contributed by atoms with Crippen LogP contribution in [0.3, 0.4) is 0 Å². The zero-order valence-corrected chi connectivity index (χ0v) is 10.6. The molecule has 1 rings (SSSR count). The highest BCUT2D eigenvalue weighted by Gasteiger charge is 2.17. The van der Waals surface area contributed by atoms with Gasteiger partial charge in [0, 0.05) is 13.6 Å². The molecule has 0 aromatic heterocycles. The van der Waals surface area contributed by atoms with Crippen LogP contribution in [-0.2, 0) is 0 Å². The molecule has 1 aromatic carbocycles. The normalized spacial score (nSPS) is 11.2. The minimum absolute atomic E-state index is 0.0126. The molecule has 85 valence electrons. The minimum Gasteiger partial charge on any atom is -0.207 e. The fraction of sp³-hybridized carbons (Fsp3) is 0.333. The van der Waals surface area contributed by atoms with Crippen LogP contribution in [0.1, 0.15) is 11.1 Å². The van der Waals surface area contributed by atoms with Crippen molar-refractivity contribution >= 4 is 8.07 Å². The first-order valence-corrected chi connectivity index (χ1v) is 8.76. The summed E-state index contributed by atoms with van der Waals surface area (Å²) in [5.41, 5.74) is 0.00146. The first-order valence-electron chi connectivity index (χ1n) is 5.06. The molecule has 0 fully saturated rings. The molecule has 1 aromatic rings. The molecule has 4 heteroatoms. The molecule has 0 N–H and O–H groups in total. The summed E-state index contributed by atoms with van der Waals surface area (Å²) in [6.07, 6.45) is 1.60. The summed E-state index contributed by atoms with van der Waals surface area (Å²) in [5, 5.41) is 8.55. The zero-order chi connectivity index (χ0) is 12.3. The Labute approximate surface area is 95.7 Å². The maximum atomic E-state index is 13.5. The van der Waals surface area contributed by atoms with Crippen molar-refractivity contribution in [3.8, 4) is 6.07 Å². The van der Waals surface area contributed by atoms with E-state index >= 15 is 0 Å². The average molecular weight is 238 g/mol. The lowest BCUT2D eigenvalue weighted by Crippen LogP contribution is -2.19. The van der Waals surface area contributed by atoms with Crippen LogP contribution in [0.4, 0.5) is 8.78 Å². The van der Waals surface area contributed by atoms with Gasteiger partial charge < -0.3 is 0 Å². The molecule has 0 heterocycles. The van der Waals surface area contributed by atoms with Crippen LogP contribution in [0, 0.1) is 29.4 Å². The van der Waals surface area contributed by atoms with E-state index in [2.05, 4.69) is 19.6 Å². The molecule has 0 unspecified atom stereocenters. The van der Waals surface area contributed by atoms with Gasteiger partial charge in [-0.3, -0.25) is 0 Å². The summed E-state index contributed by atoms with van der Waals surface area (Å²) in [6.45, 7) is 6.38. The van der Waals surface area contributed by atoms with Crippen LogP contribution in [0.2, 0.25) is 25.7 Å². The molecule has 0 bridgehead atoms. The van der Waals surface area contributed by atoms with Gasteiger partial charge in [0.1, 0.15) is 11.6 Å². The molecule has 0 atom stereocenters. The third-order valence-corrected chi connectivity index (χ3v) is 3.56. The first-order chi connectivity index (χ1) is 7.33. The van der Waals surface area contributed by atoms with Crippen LogP contribution in [-0.4, -0.2) is 8.07 Å². The highest BCUT2D eigenvalue weighted by molar-refractivity contribution is 6.76. The predicted molar refractivity (Wildman–Crippen MR) is 62.6 cm³/mol. The zero-order valence-electron chi connectivity index (χ0n) is 9.64. The van der Waals surface area contributed by atoms with E-state index in [0.29, 0.717) is 6.04 Å². The Morgan fingerprint density at radius 2 is 1.75 bits per heavy atom. The molecule has 0 aliphatic heterocycles. The molecule has 1 radical (unpaired) electrons. The van der Waals surface area contributed by atoms with Crippen molar-refractivity contribution in [2.45, 2.75) is 25.7 Å². The Balaban J connectivity index is 2.94. The van der Waals surface area contributed by atoms with Crippen LogP contribution in [0.5, 0.6) is 0 Å². The van der Waals surface area contributed by atoms with Gasteiger partial charge in [-0.05, 0) is 24.6 Å². The highest BCUT2D eigenvalue weighted by atomic mass is 28.3. The summed E-state index contributed by atoms with van der Waals surface area (Å²) in [5.74, 6) is -1.32. The summed E-state index contributed by atoms with van der Waals surface area (Å²) in [4.78, 5) is 0. The minimum atomic E-state index is -1.36. The van der Waals surface area contributed by atoms with E-state index in [0.717, 1.165) is 12.1 Å². The van der Waals surface area contributed by atoms with Gasteiger partial charge in [-0.1, -0.05) is 19.6 Å². The Hall–Kier alpha value is -1.21. The number of halogens is 2. The lowest BCUT2D eigenvalue weighted by Gasteiger charge is -2.15. The van der Waals surface area contributed by atoms with Gasteiger partial charge in [-0.15, -0.1) is 0 Å². The fourth-order valence-electron chi connectivity index (χ4n) is 1.25. The van der Waals surface area contributed by atoms with Gasteiger partial charge in [0.05, 0.1) is 11.6 Å². The molecule has 0 amide bonds. The van der Waals surface area contributed by atoms with Crippen molar-refractivity contribution in [1.82, 2.24) is 0 Å². The van der Waals surface area contributed by atoms with E-state index in [4.69, 9.17) is 5.26 Å². The lowest BCUT2D eigenvalue weighted by atomic mass is 10.1. The van der Waals surface area contributed by atoms with Gasteiger partial charge in [0.15, 0.2) is 0 Å². The van der Waals surface area contributed by atoms with Gasteiger partial charge in [-0.25, -0.2) is 8.78 Å². The number of hydrogen-bond donors (Lipinski definition) is 0. The molecule has 0 saturated heterocycles. The van der Waals surface area contributed by atoms with Crippen molar-refractivity contribution in [3.05, 3.63) is 41.3 Å². The van der Waals surface area contributed by atoms with E-state index in [9.17, 15) is 8.78 Å². The fourth-order valence-corrected chi connectivity index (χ4v) is 2.07. The van der Waals surface area contributed by atoms with E-state index in [1.807, 2.05) is 0 Å². The second kappa shape index (κ2) is 4.75. The maximum absolute atomic E-state index is 13.5. The van der Waals surface area contributed by atoms with Crippen LogP contribution < -0.4 is 0 Å². The molecule has 0 aliphatic rings. The van der Waals surface area contributed by atoms with Crippen molar-refractivity contribution in [3.63, 3.8) is 0 Å². The second-order valence-corrected chi connectivity index (χ2v) is 10.5. The van der Waals surface area contributed by atoms with Gasteiger partial charge in [-0.2, -0.15) is 5.26 Å². The summed E-state index contributed by atoms with van der Waals surface area (Å²) in [7, 11) is -1.36. The summed E-state index contributed by atoms with van der Waals surface area (Å²) >= 11 is 0. The molecular weight excluding hydrogens is 224 g/mol. The van der Waals surface area contributed by atoms with Crippen LogP contribution in [0.25, 0.3) is 0 Å². The Morgan fingerprint density at radius 3 is 2.12 bits per heavy atom. The van der Waals surface area contributed by atoms with Crippen molar-refractivity contribution in [2.24, 2.45) is 0 Å². The van der Waals surface area contributed by atoms with E-state index < -0.39 is 19.7 Å². The summed E-state index contributed by atoms with van der Waals surface area (Å²) < 4.78 is 26.9. The number of nitrogens with zero attached hydrogens (tertiary/aromatic N) is 1. The third-order valence-electron chi connectivity index (χ3n) is 2.13. The molecule has 0 saturated carbocycles. The number of nitriles is 1. The van der Waals surface area contributed by atoms with E-state index in [-0.39, 0.29) is 11.1 Å². The first kappa shape index (κ1) is 12.9. The molecule has 1 nitrogen and oxygen atoms in total. The van der Waals surface area contributed by atoms with Gasteiger partial charge in [0.25, 0.3) is 0 Å². The molecular formula is C12H14F2NSi. The second-order valence-electron chi connectivity index (χ2n) is 4.93. The maximum Gasteiger partial charge on any atom is 0.130 e. The topological polar surface area (TPSA) is 23.8 Å². The van der Waals surface area contributed by atoms with E-state index in [1.165, 1.54) is 0 Å². The third kappa shape index (κ3) is 3.42. The van der Waals surface area contributed by atoms with Gasteiger partial charge in [0.2, 0.25) is 0 Å². The van der Waals surface area contributed by atoms with Crippen LogP contribution >= 0.6 is 0 Å². The summed E-state index contributed by atoms with van der Waals surface area (Å²) in [6, 6.07) is 4.58. The van der Waals surface area contributed by atoms with Crippen molar-refractivity contribution in [2.75, 3.05) is 0 Å². The Kier molecular flexibility index (Phi) is 3.82. The van der Waals surface area contributed by atoms with Gasteiger partial charge >= 0.3 is 0 Å². The largest absolute Gasteiger partial charge is 0.207 e. The number of benzene rings is 1. The number of rotatable bonds is 3. The predicted octanol–water partition coefficient (Wildman–Crippen LogP) is 3.73. The Morgan fingerprint density at radius 1 is 1.25 bits per heavy atom. The van der Waals surface area contributed by atoms with Crippen molar-refractivity contribution < 1.29 is 8.78 Å².